The van der Waals surface area contributed by atoms with Gasteiger partial charge in [-0.1, -0.05) is 22.0 Å². The molecule has 0 aliphatic carbocycles. The van der Waals surface area contributed by atoms with Crippen LogP contribution >= 0.6 is 15.9 Å². The van der Waals surface area contributed by atoms with Crippen LogP contribution in [0.25, 0.3) is 0 Å². The number of halogens is 1. The van der Waals surface area contributed by atoms with Gasteiger partial charge in [0.2, 0.25) is 5.91 Å². The molecule has 1 amide bonds. The average molecular weight is 285 g/mol. The van der Waals surface area contributed by atoms with E-state index in [1.54, 1.807) is 0 Å². The number of anilines is 1. The molecule has 0 radical (unpaired) electrons. The van der Waals surface area contributed by atoms with Gasteiger partial charge in [-0.2, -0.15) is 0 Å². The van der Waals surface area contributed by atoms with E-state index < -0.39 is 0 Å². The van der Waals surface area contributed by atoms with E-state index in [2.05, 4.69) is 21.2 Å². The van der Waals surface area contributed by atoms with Gasteiger partial charge in [-0.05, 0) is 44.0 Å². The molecule has 3 N–H and O–H groups in total. The molecule has 0 spiro atoms. The summed E-state index contributed by atoms with van der Waals surface area (Å²) in [6, 6.07) is 5.77. The summed E-state index contributed by atoms with van der Waals surface area (Å²) in [4.78, 5) is 11.6. The predicted molar refractivity (Wildman–Crippen MR) is 70.4 cm³/mol. The first-order valence-electron chi connectivity index (χ1n) is 5.40. The van der Waals surface area contributed by atoms with Gasteiger partial charge in [-0.25, -0.2) is 0 Å². The van der Waals surface area contributed by atoms with Crippen LogP contribution in [0.4, 0.5) is 5.69 Å². The van der Waals surface area contributed by atoms with Crippen LogP contribution in [0.5, 0.6) is 0 Å². The summed E-state index contributed by atoms with van der Waals surface area (Å²) in [7, 11) is 0. The molecule has 0 unspecified atom stereocenters. The highest BCUT2D eigenvalue weighted by Crippen LogP contribution is 2.23. The van der Waals surface area contributed by atoms with Crippen molar-refractivity contribution < 1.29 is 4.79 Å². The Hall–Kier alpha value is -0.870. The number of nitrogens with two attached hydrogens (primary N) is 1. The van der Waals surface area contributed by atoms with E-state index in [-0.39, 0.29) is 5.91 Å². The Bertz CT molecular complexity index is 366. The summed E-state index contributed by atoms with van der Waals surface area (Å²) in [5.41, 5.74) is 7.29. The molecule has 3 nitrogen and oxygen atoms in total. The molecular formula is C12H17BrN2O. The van der Waals surface area contributed by atoms with E-state index in [0.717, 1.165) is 28.6 Å². The Labute approximate surface area is 105 Å². The molecule has 16 heavy (non-hydrogen) atoms. The highest BCUT2D eigenvalue weighted by Gasteiger charge is 2.05. The summed E-state index contributed by atoms with van der Waals surface area (Å²) in [5, 5.41) is 2.90. The number of amides is 1. The van der Waals surface area contributed by atoms with Gasteiger partial charge in [0.25, 0.3) is 0 Å². The molecule has 0 saturated heterocycles. The van der Waals surface area contributed by atoms with Gasteiger partial charge >= 0.3 is 0 Å². The summed E-state index contributed by atoms with van der Waals surface area (Å²) in [6.07, 6.45) is 2.27. The molecule has 1 rings (SSSR count). The van der Waals surface area contributed by atoms with Crippen molar-refractivity contribution in [3.05, 3.63) is 28.2 Å². The van der Waals surface area contributed by atoms with Gasteiger partial charge in [0.15, 0.2) is 0 Å². The average Bonchev–Trinajstić information content (AvgIpc) is 2.25. The standard InChI is InChI=1S/C12H17BrN2O/c1-9-10(13)5-4-6-11(9)15-12(16)7-2-3-8-14/h4-6H,2-3,7-8,14H2,1H3,(H,15,16). The molecule has 1 aromatic carbocycles. The van der Waals surface area contributed by atoms with Gasteiger partial charge < -0.3 is 11.1 Å². The minimum absolute atomic E-state index is 0.0506. The lowest BCUT2D eigenvalue weighted by Gasteiger charge is -2.09. The van der Waals surface area contributed by atoms with Crippen LogP contribution in [-0.4, -0.2) is 12.5 Å². The largest absolute Gasteiger partial charge is 0.330 e. The van der Waals surface area contributed by atoms with Crippen LogP contribution in [0, 0.1) is 6.92 Å². The third-order valence-corrected chi connectivity index (χ3v) is 3.26. The molecule has 1 aromatic rings. The molecule has 0 aromatic heterocycles. The Morgan fingerprint density at radius 2 is 2.19 bits per heavy atom. The summed E-state index contributed by atoms with van der Waals surface area (Å²) >= 11 is 3.43. The first-order valence-corrected chi connectivity index (χ1v) is 6.19. The van der Waals surface area contributed by atoms with Gasteiger partial charge in [-0.15, -0.1) is 0 Å². The Morgan fingerprint density at radius 3 is 2.88 bits per heavy atom. The number of unbranched alkanes of at least 4 members (excludes halogenated alkanes) is 1. The van der Waals surface area contributed by atoms with Gasteiger partial charge in [0, 0.05) is 16.6 Å². The van der Waals surface area contributed by atoms with Gasteiger partial charge in [0.1, 0.15) is 0 Å². The van der Waals surface area contributed by atoms with Crippen molar-refractivity contribution >= 4 is 27.5 Å². The Morgan fingerprint density at radius 1 is 1.44 bits per heavy atom. The van der Waals surface area contributed by atoms with E-state index in [9.17, 15) is 4.79 Å². The lowest BCUT2D eigenvalue weighted by Crippen LogP contribution is -2.12. The van der Waals surface area contributed by atoms with Crippen LogP contribution in [0.1, 0.15) is 24.8 Å². The molecule has 0 heterocycles. The Balaban J connectivity index is 2.53. The fourth-order valence-electron chi connectivity index (χ4n) is 1.39. The van der Waals surface area contributed by atoms with Crippen molar-refractivity contribution in [2.75, 3.05) is 11.9 Å². The zero-order valence-corrected chi connectivity index (χ0v) is 11.0. The zero-order valence-electron chi connectivity index (χ0n) is 9.42. The van der Waals surface area contributed by atoms with Crippen molar-refractivity contribution in [1.82, 2.24) is 0 Å². The number of hydrogen-bond donors (Lipinski definition) is 2. The number of nitrogens with one attached hydrogen (secondary N) is 1. The molecule has 0 bridgehead atoms. The van der Waals surface area contributed by atoms with E-state index in [1.165, 1.54) is 0 Å². The van der Waals surface area contributed by atoms with Crippen LogP contribution in [0.15, 0.2) is 22.7 Å². The minimum Gasteiger partial charge on any atom is -0.330 e. The second-order valence-corrected chi connectivity index (χ2v) is 4.56. The van der Waals surface area contributed by atoms with Crippen LogP contribution < -0.4 is 11.1 Å². The maximum absolute atomic E-state index is 11.6. The monoisotopic (exact) mass is 284 g/mol. The van der Waals surface area contributed by atoms with E-state index >= 15 is 0 Å². The highest BCUT2D eigenvalue weighted by molar-refractivity contribution is 9.10. The van der Waals surface area contributed by atoms with Crippen LogP contribution in [0.3, 0.4) is 0 Å². The van der Waals surface area contributed by atoms with E-state index in [1.807, 2.05) is 25.1 Å². The molecule has 88 valence electrons. The number of rotatable bonds is 5. The fraction of sp³-hybridized carbons (Fsp3) is 0.417. The molecule has 0 saturated carbocycles. The third kappa shape index (κ3) is 3.94. The normalized spacial score (nSPS) is 10.2. The minimum atomic E-state index is 0.0506. The maximum Gasteiger partial charge on any atom is 0.224 e. The van der Waals surface area contributed by atoms with Crippen molar-refractivity contribution in [2.45, 2.75) is 26.2 Å². The molecule has 0 aliphatic heterocycles. The zero-order chi connectivity index (χ0) is 12.0. The second kappa shape index (κ2) is 6.66. The van der Waals surface area contributed by atoms with Gasteiger partial charge in [-0.3, -0.25) is 4.79 Å². The fourth-order valence-corrected chi connectivity index (χ4v) is 1.75. The molecular weight excluding hydrogens is 268 g/mol. The first-order chi connectivity index (χ1) is 7.65. The Kier molecular flexibility index (Phi) is 5.49. The number of benzene rings is 1. The highest BCUT2D eigenvalue weighted by atomic mass is 79.9. The van der Waals surface area contributed by atoms with E-state index in [4.69, 9.17) is 5.73 Å². The smallest absolute Gasteiger partial charge is 0.224 e. The number of hydrogen-bond acceptors (Lipinski definition) is 2. The maximum atomic E-state index is 11.6. The third-order valence-electron chi connectivity index (χ3n) is 2.40. The SMILES string of the molecule is Cc1c(Br)cccc1NC(=O)CCCCN. The lowest BCUT2D eigenvalue weighted by atomic mass is 10.2. The summed E-state index contributed by atoms with van der Waals surface area (Å²) < 4.78 is 1.01. The van der Waals surface area contributed by atoms with Crippen LogP contribution in [0.2, 0.25) is 0 Å². The topological polar surface area (TPSA) is 55.1 Å². The van der Waals surface area contributed by atoms with Crippen molar-refractivity contribution in [3.63, 3.8) is 0 Å². The lowest BCUT2D eigenvalue weighted by molar-refractivity contribution is -0.116. The first kappa shape index (κ1) is 13.2. The molecule has 0 aliphatic rings. The second-order valence-electron chi connectivity index (χ2n) is 3.71. The number of carbonyl (C=O) groups excluding carboxylic acids is 1. The van der Waals surface area contributed by atoms with Gasteiger partial charge in [0.05, 0.1) is 0 Å². The molecule has 0 fully saturated rings. The van der Waals surface area contributed by atoms with Crippen LogP contribution in [-0.2, 0) is 4.79 Å². The number of carbonyl (C=O) groups is 1. The quantitative estimate of drug-likeness (QED) is 0.817. The summed E-state index contributed by atoms with van der Waals surface area (Å²) in [5.74, 6) is 0.0506. The van der Waals surface area contributed by atoms with Crippen molar-refractivity contribution in [3.8, 4) is 0 Å². The molecule has 4 heteroatoms. The summed E-state index contributed by atoms with van der Waals surface area (Å²) in [6.45, 7) is 2.61. The molecule has 0 atom stereocenters. The predicted octanol–water partition coefficient (Wildman–Crippen LogP) is 2.83. The van der Waals surface area contributed by atoms with E-state index in [0.29, 0.717) is 13.0 Å². The van der Waals surface area contributed by atoms with Crippen molar-refractivity contribution in [2.24, 2.45) is 5.73 Å². The van der Waals surface area contributed by atoms with Crippen molar-refractivity contribution in [1.29, 1.82) is 0 Å².